The Morgan fingerprint density at radius 1 is 0.821 bits per heavy atom. The number of carbonyl (C=O) groups is 1. The Morgan fingerprint density at radius 3 is 2.14 bits per heavy atom. The van der Waals surface area contributed by atoms with E-state index in [-0.39, 0.29) is 5.91 Å². The quantitative estimate of drug-likeness (QED) is 0.390. The monoisotopic (exact) mass is 402 g/mol. The number of carbonyl (C=O) groups excluding carboxylic acids is 1. The fraction of sp³-hybridized carbons (Fsp3) is 0.0435. The van der Waals surface area contributed by atoms with E-state index < -0.39 is 0 Å². The Kier molecular flexibility index (Phi) is 5.85. The van der Waals surface area contributed by atoms with E-state index in [1.165, 1.54) is 34.2 Å². The van der Waals surface area contributed by atoms with Gasteiger partial charge in [-0.3, -0.25) is 4.79 Å². The van der Waals surface area contributed by atoms with Crippen molar-refractivity contribution in [3.8, 4) is 22.4 Å². The summed E-state index contributed by atoms with van der Waals surface area (Å²) in [5.74, 6) is 0.319. The van der Waals surface area contributed by atoms with Crippen molar-refractivity contribution in [2.24, 2.45) is 0 Å². The highest BCUT2D eigenvalue weighted by atomic mass is 32.2. The first-order chi connectivity index (χ1) is 13.8. The number of nitrogens with zero attached hydrogens (tertiary/aromatic N) is 1. The summed E-state index contributed by atoms with van der Waals surface area (Å²) in [6, 6.07) is 28.5. The third kappa shape index (κ3) is 4.68. The van der Waals surface area contributed by atoms with Crippen LogP contribution in [0.5, 0.6) is 0 Å². The van der Waals surface area contributed by atoms with Crippen molar-refractivity contribution < 1.29 is 4.79 Å². The van der Waals surface area contributed by atoms with Gasteiger partial charge >= 0.3 is 0 Å². The molecule has 5 heteroatoms. The fourth-order valence-electron chi connectivity index (χ4n) is 2.75. The second-order valence-electron chi connectivity index (χ2n) is 6.13. The average Bonchev–Trinajstić information content (AvgIpc) is 3.22. The molecule has 0 unspecified atom stereocenters. The van der Waals surface area contributed by atoms with Gasteiger partial charge < -0.3 is 5.32 Å². The molecule has 0 fully saturated rings. The maximum atomic E-state index is 12.2. The molecule has 0 radical (unpaired) electrons. The van der Waals surface area contributed by atoms with Crippen LogP contribution in [-0.2, 0) is 4.79 Å². The van der Waals surface area contributed by atoms with Crippen molar-refractivity contribution in [2.75, 3.05) is 11.1 Å². The Bertz CT molecular complexity index is 1040. The van der Waals surface area contributed by atoms with E-state index in [1.54, 1.807) is 0 Å². The van der Waals surface area contributed by atoms with E-state index in [0.29, 0.717) is 10.9 Å². The van der Waals surface area contributed by atoms with Gasteiger partial charge in [0.1, 0.15) is 0 Å². The van der Waals surface area contributed by atoms with Crippen molar-refractivity contribution in [3.05, 3.63) is 90.3 Å². The van der Waals surface area contributed by atoms with Crippen LogP contribution in [0.15, 0.2) is 95.2 Å². The van der Waals surface area contributed by atoms with Crippen LogP contribution in [0.25, 0.3) is 22.4 Å². The highest BCUT2D eigenvalue weighted by Gasteiger charge is 2.09. The Balaban J connectivity index is 1.38. The lowest BCUT2D eigenvalue weighted by atomic mass is 10.0. The molecule has 1 aromatic heterocycles. The summed E-state index contributed by atoms with van der Waals surface area (Å²) in [6.07, 6.45) is 0. The van der Waals surface area contributed by atoms with Crippen LogP contribution in [0.2, 0.25) is 0 Å². The third-order valence-electron chi connectivity index (χ3n) is 4.15. The van der Waals surface area contributed by atoms with Gasteiger partial charge in [-0.15, -0.1) is 23.1 Å². The van der Waals surface area contributed by atoms with Crippen LogP contribution in [0.1, 0.15) is 0 Å². The molecule has 3 nitrogen and oxygen atoms in total. The standard InChI is InChI=1S/C23H18N2OS2/c26-22(16-27-20-9-5-2-6-10-20)25-23-24-21(15-28-23)19-13-11-18(12-14-19)17-7-3-1-4-8-17/h1-15H,16H2,(H,24,25,26). The summed E-state index contributed by atoms with van der Waals surface area (Å²) in [4.78, 5) is 17.8. The molecule has 0 aliphatic rings. The number of anilines is 1. The molecule has 138 valence electrons. The van der Waals surface area contributed by atoms with Crippen LogP contribution in [0.4, 0.5) is 5.13 Å². The number of hydrogen-bond acceptors (Lipinski definition) is 4. The number of amides is 1. The number of nitrogens with one attached hydrogen (secondary N) is 1. The molecule has 1 amide bonds. The second kappa shape index (κ2) is 8.87. The topological polar surface area (TPSA) is 42.0 Å². The van der Waals surface area contributed by atoms with Gasteiger partial charge in [0.05, 0.1) is 11.4 Å². The van der Waals surface area contributed by atoms with E-state index in [1.807, 2.05) is 53.9 Å². The molecule has 0 aliphatic carbocycles. The minimum Gasteiger partial charge on any atom is -0.301 e. The van der Waals surface area contributed by atoms with Crippen molar-refractivity contribution in [1.82, 2.24) is 4.98 Å². The maximum Gasteiger partial charge on any atom is 0.236 e. The first kappa shape index (κ1) is 18.5. The minimum absolute atomic E-state index is 0.0471. The van der Waals surface area contributed by atoms with Crippen LogP contribution in [0.3, 0.4) is 0 Å². The maximum absolute atomic E-state index is 12.2. The van der Waals surface area contributed by atoms with Crippen molar-refractivity contribution in [1.29, 1.82) is 0 Å². The number of benzene rings is 3. The summed E-state index contributed by atoms with van der Waals surface area (Å²) in [6.45, 7) is 0. The second-order valence-corrected chi connectivity index (χ2v) is 8.04. The zero-order valence-corrected chi connectivity index (χ0v) is 16.7. The first-order valence-corrected chi connectivity index (χ1v) is 10.7. The average molecular weight is 403 g/mol. The zero-order chi connectivity index (χ0) is 19.2. The molecule has 4 rings (SSSR count). The molecule has 0 saturated carbocycles. The van der Waals surface area contributed by atoms with E-state index in [0.717, 1.165) is 16.2 Å². The summed E-state index contributed by atoms with van der Waals surface area (Å²) in [7, 11) is 0. The summed E-state index contributed by atoms with van der Waals surface area (Å²) in [5.41, 5.74) is 4.27. The molecule has 0 spiro atoms. The molecule has 28 heavy (non-hydrogen) atoms. The summed E-state index contributed by atoms with van der Waals surface area (Å²) < 4.78 is 0. The minimum atomic E-state index is -0.0471. The van der Waals surface area contributed by atoms with Gasteiger partial charge in [0.2, 0.25) is 5.91 Å². The molecule has 1 N–H and O–H groups in total. The van der Waals surface area contributed by atoms with Crippen molar-refractivity contribution in [3.63, 3.8) is 0 Å². The SMILES string of the molecule is O=C(CSc1ccccc1)Nc1nc(-c2ccc(-c3ccccc3)cc2)cs1. The molecule has 0 aliphatic heterocycles. The normalized spacial score (nSPS) is 10.6. The summed E-state index contributed by atoms with van der Waals surface area (Å²) >= 11 is 2.96. The highest BCUT2D eigenvalue weighted by molar-refractivity contribution is 8.00. The van der Waals surface area contributed by atoms with Gasteiger partial charge in [-0.25, -0.2) is 4.98 Å². The van der Waals surface area contributed by atoms with Crippen LogP contribution in [-0.4, -0.2) is 16.6 Å². The lowest BCUT2D eigenvalue weighted by Crippen LogP contribution is -2.13. The van der Waals surface area contributed by atoms with E-state index >= 15 is 0 Å². The van der Waals surface area contributed by atoms with Crippen LogP contribution < -0.4 is 5.32 Å². The van der Waals surface area contributed by atoms with Gasteiger partial charge in [-0.05, 0) is 23.3 Å². The lowest BCUT2D eigenvalue weighted by molar-refractivity contribution is -0.113. The first-order valence-electron chi connectivity index (χ1n) is 8.87. The van der Waals surface area contributed by atoms with Gasteiger partial charge in [-0.2, -0.15) is 0 Å². The highest BCUT2D eigenvalue weighted by Crippen LogP contribution is 2.28. The summed E-state index contributed by atoms with van der Waals surface area (Å²) in [5, 5.41) is 5.48. The number of rotatable bonds is 6. The number of thiazole rings is 1. The molecule has 0 atom stereocenters. The van der Waals surface area contributed by atoms with E-state index in [4.69, 9.17) is 0 Å². The molecule has 3 aromatic carbocycles. The van der Waals surface area contributed by atoms with Crippen molar-refractivity contribution in [2.45, 2.75) is 4.90 Å². The fourth-order valence-corrected chi connectivity index (χ4v) is 4.20. The predicted octanol–water partition coefficient (Wildman–Crippen LogP) is 6.21. The Morgan fingerprint density at radius 2 is 1.43 bits per heavy atom. The van der Waals surface area contributed by atoms with Crippen LogP contribution in [0, 0.1) is 0 Å². The zero-order valence-electron chi connectivity index (χ0n) is 15.0. The van der Waals surface area contributed by atoms with Gasteiger partial charge in [-0.1, -0.05) is 72.8 Å². The molecular formula is C23H18N2OS2. The molecular weight excluding hydrogens is 384 g/mol. The Hall–Kier alpha value is -2.89. The van der Waals surface area contributed by atoms with E-state index in [2.05, 4.69) is 46.7 Å². The lowest BCUT2D eigenvalue weighted by Gasteiger charge is -2.03. The number of aromatic nitrogens is 1. The van der Waals surface area contributed by atoms with Gasteiger partial charge in [0.25, 0.3) is 0 Å². The molecule has 0 saturated heterocycles. The Labute approximate surface area is 172 Å². The predicted molar refractivity (Wildman–Crippen MR) is 119 cm³/mol. The number of hydrogen-bond donors (Lipinski definition) is 1. The molecule has 4 aromatic rings. The van der Waals surface area contributed by atoms with Gasteiger partial charge in [0.15, 0.2) is 5.13 Å². The smallest absolute Gasteiger partial charge is 0.236 e. The number of thioether (sulfide) groups is 1. The molecule has 1 heterocycles. The van der Waals surface area contributed by atoms with Gasteiger partial charge in [0, 0.05) is 15.8 Å². The van der Waals surface area contributed by atoms with Crippen molar-refractivity contribution >= 4 is 34.1 Å². The third-order valence-corrected chi connectivity index (χ3v) is 5.92. The van der Waals surface area contributed by atoms with Crippen LogP contribution >= 0.6 is 23.1 Å². The molecule has 0 bridgehead atoms. The largest absolute Gasteiger partial charge is 0.301 e. The van der Waals surface area contributed by atoms with E-state index in [9.17, 15) is 4.79 Å².